The Morgan fingerprint density at radius 1 is 0.970 bits per heavy atom. The first-order valence-corrected chi connectivity index (χ1v) is 9.55. The first-order chi connectivity index (χ1) is 15.7. The lowest BCUT2D eigenvalue weighted by Crippen LogP contribution is -2.19. The molecule has 0 aliphatic rings. The summed E-state index contributed by atoms with van der Waals surface area (Å²) in [6, 6.07) is 11.2. The molecular weight excluding hydrogens is 462 g/mol. The van der Waals surface area contributed by atoms with E-state index in [0.29, 0.717) is 6.07 Å². The number of carbonyl (C=O) groups excluding carboxylic acids is 3. The fourth-order valence-electron chi connectivity index (χ4n) is 2.76. The molecule has 0 aliphatic heterocycles. The second-order valence-electron chi connectivity index (χ2n) is 6.54. The molecule has 1 amide bonds. The van der Waals surface area contributed by atoms with Gasteiger partial charge in [0.15, 0.2) is 6.61 Å². The number of hydrogen-bond acceptors (Lipinski definition) is 6. The van der Waals surface area contributed by atoms with Crippen molar-refractivity contribution in [2.45, 2.75) is 0 Å². The van der Waals surface area contributed by atoms with Crippen LogP contribution >= 0.6 is 11.6 Å². The zero-order chi connectivity index (χ0) is 24.1. The highest BCUT2D eigenvalue weighted by Crippen LogP contribution is 2.24. The molecule has 0 saturated carbocycles. The number of rotatable bonds is 7. The molecule has 1 N–H and O–H groups in total. The van der Waals surface area contributed by atoms with E-state index in [1.165, 1.54) is 24.3 Å². The Morgan fingerprint density at radius 2 is 1.70 bits per heavy atom. The third-order valence-electron chi connectivity index (χ3n) is 4.37. The quantitative estimate of drug-likeness (QED) is 0.227. The molecule has 0 fully saturated rings. The Bertz CT molecular complexity index is 1280. The van der Waals surface area contributed by atoms with Gasteiger partial charge in [0, 0.05) is 12.1 Å². The van der Waals surface area contributed by atoms with Crippen LogP contribution in [0.2, 0.25) is 5.02 Å². The predicted molar refractivity (Wildman–Crippen MR) is 113 cm³/mol. The number of ether oxygens (including phenoxy) is 1. The van der Waals surface area contributed by atoms with Crippen LogP contribution in [0.15, 0.2) is 60.7 Å². The van der Waals surface area contributed by atoms with Gasteiger partial charge in [0.25, 0.3) is 11.6 Å². The lowest BCUT2D eigenvalue weighted by Gasteiger charge is -2.11. The molecule has 0 aliphatic carbocycles. The fourth-order valence-corrected chi connectivity index (χ4v) is 3.02. The summed E-state index contributed by atoms with van der Waals surface area (Å²) in [7, 11) is 0. The van der Waals surface area contributed by atoms with Gasteiger partial charge in [-0.15, -0.1) is 0 Å². The fraction of sp³-hybridized carbons (Fsp3) is 0.0455. The minimum Gasteiger partial charge on any atom is -0.454 e. The Morgan fingerprint density at radius 3 is 2.39 bits per heavy atom. The molecule has 0 bridgehead atoms. The highest BCUT2D eigenvalue weighted by Gasteiger charge is 2.20. The SMILES string of the molecule is O=C(COC(=O)c1ccccc1NC(=O)c1ccc([N+](=O)[O-])cc1Cl)c1cc(F)ccc1F. The van der Waals surface area contributed by atoms with E-state index in [2.05, 4.69) is 5.32 Å². The standard InChI is InChI=1S/C22H13ClF2N2O6/c23-17-10-13(27(31)32)6-7-14(17)21(29)26-19-4-2-1-3-15(19)22(30)33-11-20(28)16-9-12(24)5-8-18(16)25/h1-10H,11H2,(H,26,29). The van der Waals surface area contributed by atoms with E-state index in [1.54, 1.807) is 0 Å². The van der Waals surface area contributed by atoms with E-state index in [9.17, 15) is 33.3 Å². The van der Waals surface area contributed by atoms with E-state index in [-0.39, 0.29) is 27.5 Å². The number of nitro groups is 1. The van der Waals surface area contributed by atoms with Gasteiger partial charge in [0.05, 0.1) is 32.3 Å². The number of ketones is 1. The summed E-state index contributed by atoms with van der Waals surface area (Å²) in [6.07, 6.45) is 0. The van der Waals surface area contributed by atoms with Crippen LogP contribution in [0.5, 0.6) is 0 Å². The molecule has 168 valence electrons. The summed E-state index contributed by atoms with van der Waals surface area (Å²) in [5.41, 5.74) is -1.08. The molecule has 0 spiro atoms. The number of benzene rings is 3. The van der Waals surface area contributed by atoms with Gasteiger partial charge in [-0.1, -0.05) is 23.7 Å². The summed E-state index contributed by atoms with van der Waals surface area (Å²) >= 11 is 5.95. The summed E-state index contributed by atoms with van der Waals surface area (Å²) in [5.74, 6) is -4.52. The van der Waals surface area contributed by atoms with E-state index < -0.39 is 46.4 Å². The monoisotopic (exact) mass is 474 g/mol. The second-order valence-corrected chi connectivity index (χ2v) is 6.95. The van der Waals surface area contributed by atoms with Crippen molar-refractivity contribution in [2.75, 3.05) is 11.9 Å². The van der Waals surface area contributed by atoms with Crippen molar-refractivity contribution in [1.29, 1.82) is 0 Å². The molecule has 11 heteroatoms. The average Bonchev–Trinajstić information content (AvgIpc) is 2.78. The number of nitrogens with one attached hydrogen (secondary N) is 1. The Kier molecular flexibility index (Phi) is 7.09. The molecule has 8 nitrogen and oxygen atoms in total. The van der Waals surface area contributed by atoms with Crippen molar-refractivity contribution in [2.24, 2.45) is 0 Å². The number of anilines is 1. The molecular formula is C22H13ClF2N2O6. The number of hydrogen-bond donors (Lipinski definition) is 1. The van der Waals surface area contributed by atoms with Gasteiger partial charge in [-0.2, -0.15) is 0 Å². The van der Waals surface area contributed by atoms with Crippen molar-refractivity contribution in [3.63, 3.8) is 0 Å². The Labute approximate surface area is 189 Å². The maximum atomic E-state index is 13.7. The highest BCUT2D eigenvalue weighted by molar-refractivity contribution is 6.34. The lowest BCUT2D eigenvalue weighted by atomic mass is 10.1. The van der Waals surface area contributed by atoms with Crippen LogP contribution in [0.25, 0.3) is 0 Å². The summed E-state index contributed by atoms with van der Waals surface area (Å²) in [5, 5.41) is 13.1. The number of para-hydroxylation sites is 1. The van der Waals surface area contributed by atoms with Gasteiger partial charge in [-0.05, 0) is 36.4 Å². The number of non-ortho nitro benzene ring substituents is 1. The van der Waals surface area contributed by atoms with Crippen LogP contribution in [0, 0.1) is 21.7 Å². The first-order valence-electron chi connectivity index (χ1n) is 9.17. The number of carbonyl (C=O) groups is 3. The maximum Gasteiger partial charge on any atom is 0.340 e. The zero-order valence-corrected chi connectivity index (χ0v) is 17.3. The largest absolute Gasteiger partial charge is 0.454 e. The molecule has 3 aromatic rings. The van der Waals surface area contributed by atoms with E-state index >= 15 is 0 Å². The lowest BCUT2D eigenvalue weighted by molar-refractivity contribution is -0.384. The molecule has 0 heterocycles. The highest BCUT2D eigenvalue weighted by atomic mass is 35.5. The Hall–Kier alpha value is -4.18. The second kappa shape index (κ2) is 9.96. The number of amides is 1. The smallest absolute Gasteiger partial charge is 0.340 e. The van der Waals surface area contributed by atoms with Crippen LogP contribution < -0.4 is 5.32 Å². The van der Waals surface area contributed by atoms with Gasteiger partial charge in [0.1, 0.15) is 11.6 Å². The molecule has 0 atom stereocenters. The van der Waals surface area contributed by atoms with Crippen LogP contribution in [0.4, 0.5) is 20.2 Å². The van der Waals surface area contributed by atoms with Crippen molar-refractivity contribution in [3.05, 3.63) is 104 Å². The minimum absolute atomic E-state index is 0.00584. The van der Waals surface area contributed by atoms with Crippen LogP contribution in [0.3, 0.4) is 0 Å². The number of esters is 1. The number of nitrogens with zero attached hydrogens (tertiary/aromatic N) is 1. The van der Waals surface area contributed by atoms with E-state index in [4.69, 9.17) is 16.3 Å². The predicted octanol–water partition coefficient (Wildman–Crippen LogP) is 4.82. The molecule has 0 radical (unpaired) electrons. The minimum atomic E-state index is -1.01. The van der Waals surface area contributed by atoms with Gasteiger partial charge in [0.2, 0.25) is 5.78 Å². The van der Waals surface area contributed by atoms with Gasteiger partial charge >= 0.3 is 5.97 Å². The maximum absolute atomic E-state index is 13.7. The van der Waals surface area contributed by atoms with Crippen molar-refractivity contribution in [3.8, 4) is 0 Å². The number of nitro benzene ring substituents is 1. The summed E-state index contributed by atoms with van der Waals surface area (Å²) < 4.78 is 31.9. The summed E-state index contributed by atoms with van der Waals surface area (Å²) in [6.45, 7) is -0.865. The third kappa shape index (κ3) is 5.55. The van der Waals surface area contributed by atoms with Crippen molar-refractivity contribution in [1.82, 2.24) is 0 Å². The van der Waals surface area contributed by atoms with Gasteiger partial charge < -0.3 is 10.1 Å². The zero-order valence-electron chi connectivity index (χ0n) is 16.5. The number of halogens is 3. The van der Waals surface area contributed by atoms with Crippen LogP contribution in [-0.4, -0.2) is 29.2 Å². The van der Waals surface area contributed by atoms with Crippen LogP contribution in [-0.2, 0) is 4.74 Å². The number of Topliss-reactive ketones (excluding diaryl/α,β-unsaturated/α-hetero) is 1. The van der Waals surface area contributed by atoms with Crippen molar-refractivity contribution >= 4 is 40.6 Å². The molecule has 3 aromatic carbocycles. The normalized spacial score (nSPS) is 10.4. The first kappa shape index (κ1) is 23.5. The molecule has 0 aromatic heterocycles. The Balaban J connectivity index is 1.74. The molecule has 33 heavy (non-hydrogen) atoms. The topological polar surface area (TPSA) is 116 Å². The van der Waals surface area contributed by atoms with E-state index in [1.807, 2.05) is 0 Å². The van der Waals surface area contributed by atoms with Gasteiger partial charge in [-0.3, -0.25) is 19.7 Å². The summed E-state index contributed by atoms with van der Waals surface area (Å²) in [4.78, 5) is 47.3. The molecule has 0 unspecified atom stereocenters. The molecule has 0 saturated heterocycles. The third-order valence-corrected chi connectivity index (χ3v) is 4.68. The van der Waals surface area contributed by atoms with Crippen molar-refractivity contribution < 1.29 is 32.8 Å². The molecule has 3 rings (SSSR count). The van der Waals surface area contributed by atoms with E-state index in [0.717, 1.165) is 30.3 Å². The average molecular weight is 475 g/mol. The van der Waals surface area contributed by atoms with Gasteiger partial charge in [-0.25, -0.2) is 13.6 Å². The van der Waals surface area contributed by atoms with Crippen LogP contribution in [0.1, 0.15) is 31.1 Å².